The van der Waals surface area contributed by atoms with E-state index in [-0.39, 0.29) is 0 Å². The van der Waals surface area contributed by atoms with Crippen molar-refractivity contribution in [2.24, 2.45) is 5.73 Å². The molecule has 0 amide bonds. The van der Waals surface area contributed by atoms with Crippen LogP contribution in [0.5, 0.6) is 5.88 Å². The summed E-state index contributed by atoms with van der Waals surface area (Å²) in [6, 6.07) is 5.87. The average Bonchev–Trinajstić information content (AvgIpc) is 2.48. The summed E-state index contributed by atoms with van der Waals surface area (Å²) in [6.45, 7) is 3.44. The van der Waals surface area contributed by atoms with Gasteiger partial charge < -0.3 is 20.1 Å². The van der Waals surface area contributed by atoms with Gasteiger partial charge in [0.05, 0.1) is 13.2 Å². The van der Waals surface area contributed by atoms with E-state index in [1.807, 2.05) is 18.2 Å². The van der Waals surface area contributed by atoms with Crippen LogP contribution >= 0.6 is 0 Å². The summed E-state index contributed by atoms with van der Waals surface area (Å²) in [5.74, 6) is 1.65. The Bertz CT molecular complexity index is 379. The van der Waals surface area contributed by atoms with Crippen LogP contribution < -0.4 is 15.4 Å². The fourth-order valence-corrected chi connectivity index (χ4v) is 2.28. The molecule has 106 valence electrons. The van der Waals surface area contributed by atoms with E-state index in [1.54, 1.807) is 7.11 Å². The first-order chi connectivity index (χ1) is 9.33. The molecule has 2 rings (SSSR count). The van der Waals surface area contributed by atoms with Gasteiger partial charge in [-0.3, -0.25) is 0 Å². The number of piperidine rings is 1. The normalized spacial score (nSPS) is 16.6. The Morgan fingerprint density at radius 1 is 1.37 bits per heavy atom. The molecule has 5 heteroatoms. The zero-order valence-electron chi connectivity index (χ0n) is 11.5. The quantitative estimate of drug-likeness (QED) is 0.788. The van der Waals surface area contributed by atoms with Crippen LogP contribution in [0.3, 0.4) is 0 Å². The number of aromatic nitrogens is 1. The second kappa shape index (κ2) is 7.31. The first-order valence-corrected chi connectivity index (χ1v) is 6.91. The molecular formula is C14H23N3O2. The Labute approximate surface area is 114 Å². The number of hydrogen-bond donors (Lipinski definition) is 1. The summed E-state index contributed by atoms with van der Waals surface area (Å²) >= 11 is 0. The Hall–Kier alpha value is -1.33. The van der Waals surface area contributed by atoms with Crippen LogP contribution in [-0.4, -0.2) is 44.4 Å². The molecule has 0 saturated carbocycles. The van der Waals surface area contributed by atoms with E-state index in [2.05, 4.69) is 9.88 Å². The van der Waals surface area contributed by atoms with Crippen LogP contribution in [0, 0.1) is 0 Å². The number of nitrogens with two attached hydrogens (primary N) is 1. The molecule has 0 bridgehead atoms. The molecule has 1 aromatic rings. The molecule has 0 unspecified atom stereocenters. The second-order valence-corrected chi connectivity index (χ2v) is 4.74. The highest BCUT2D eigenvalue weighted by molar-refractivity contribution is 5.41. The van der Waals surface area contributed by atoms with Gasteiger partial charge >= 0.3 is 0 Å². The fraction of sp³-hybridized carbons (Fsp3) is 0.643. The van der Waals surface area contributed by atoms with Gasteiger partial charge in [-0.1, -0.05) is 6.07 Å². The number of hydrogen-bond acceptors (Lipinski definition) is 5. The largest absolute Gasteiger partial charge is 0.481 e. The Balaban J connectivity index is 1.82. The number of ether oxygens (including phenoxy) is 2. The third-order valence-electron chi connectivity index (χ3n) is 3.39. The summed E-state index contributed by atoms with van der Waals surface area (Å²) < 4.78 is 11.0. The van der Waals surface area contributed by atoms with Crippen molar-refractivity contribution in [2.75, 3.05) is 38.3 Å². The summed E-state index contributed by atoms with van der Waals surface area (Å²) in [5, 5.41) is 0. The first-order valence-electron chi connectivity index (χ1n) is 6.91. The highest BCUT2D eigenvalue weighted by atomic mass is 16.5. The van der Waals surface area contributed by atoms with E-state index in [9.17, 15) is 0 Å². The lowest BCUT2D eigenvalue weighted by Gasteiger charge is -2.32. The number of pyridine rings is 1. The van der Waals surface area contributed by atoms with Crippen molar-refractivity contribution in [1.82, 2.24) is 4.98 Å². The van der Waals surface area contributed by atoms with E-state index >= 15 is 0 Å². The summed E-state index contributed by atoms with van der Waals surface area (Å²) in [5.41, 5.74) is 5.46. The minimum absolute atomic E-state index is 0.369. The SMILES string of the molecule is COc1cccc(N2CCC(OCCCN)CC2)n1. The van der Waals surface area contributed by atoms with Crippen molar-refractivity contribution >= 4 is 5.82 Å². The molecule has 0 radical (unpaired) electrons. The lowest BCUT2D eigenvalue weighted by Crippen LogP contribution is -2.37. The summed E-state index contributed by atoms with van der Waals surface area (Å²) in [7, 11) is 1.64. The van der Waals surface area contributed by atoms with Gasteiger partial charge in [-0.2, -0.15) is 4.98 Å². The van der Waals surface area contributed by atoms with Gasteiger partial charge in [-0.25, -0.2) is 0 Å². The molecule has 0 spiro atoms. The topological polar surface area (TPSA) is 60.6 Å². The molecule has 1 saturated heterocycles. The fourth-order valence-electron chi connectivity index (χ4n) is 2.28. The maximum absolute atomic E-state index is 5.80. The van der Waals surface area contributed by atoms with Crippen LogP contribution in [0.2, 0.25) is 0 Å². The molecule has 1 fully saturated rings. The molecule has 1 aromatic heterocycles. The van der Waals surface area contributed by atoms with Crippen LogP contribution in [0.1, 0.15) is 19.3 Å². The molecule has 2 heterocycles. The molecule has 5 nitrogen and oxygen atoms in total. The van der Waals surface area contributed by atoms with Gasteiger partial charge in [-0.15, -0.1) is 0 Å². The van der Waals surface area contributed by atoms with Gasteiger partial charge in [0.2, 0.25) is 5.88 Å². The van der Waals surface area contributed by atoms with Gasteiger partial charge in [0.1, 0.15) is 5.82 Å². The maximum atomic E-state index is 5.80. The number of nitrogens with zero attached hydrogens (tertiary/aromatic N) is 2. The lowest BCUT2D eigenvalue weighted by atomic mass is 10.1. The van der Waals surface area contributed by atoms with Crippen molar-refractivity contribution in [3.05, 3.63) is 18.2 Å². The lowest BCUT2D eigenvalue weighted by molar-refractivity contribution is 0.0365. The number of methoxy groups -OCH3 is 1. The molecule has 1 aliphatic rings. The minimum Gasteiger partial charge on any atom is -0.481 e. The van der Waals surface area contributed by atoms with Gasteiger partial charge in [0, 0.05) is 25.8 Å². The smallest absolute Gasteiger partial charge is 0.214 e. The second-order valence-electron chi connectivity index (χ2n) is 4.74. The predicted octanol–water partition coefficient (Wildman–Crippen LogP) is 1.42. The van der Waals surface area contributed by atoms with Crippen molar-refractivity contribution in [3.63, 3.8) is 0 Å². The van der Waals surface area contributed by atoms with Crippen molar-refractivity contribution < 1.29 is 9.47 Å². The summed E-state index contributed by atoms with van der Waals surface area (Å²) in [6.07, 6.45) is 3.40. The zero-order valence-corrected chi connectivity index (χ0v) is 11.5. The molecular weight excluding hydrogens is 242 g/mol. The third-order valence-corrected chi connectivity index (χ3v) is 3.39. The van der Waals surface area contributed by atoms with E-state index in [4.69, 9.17) is 15.2 Å². The van der Waals surface area contributed by atoms with Crippen LogP contribution in [0.25, 0.3) is 0 Å². The minimum atomic E-state index is 0.369. The van der Waals surface area contributed by atoms with Crippen molar-refractivity contribution in [2.45, 2.75) is 25.4 Å². The van der Waals surface area contributed by atoms with Crippen molar-refractivity contribution in [3.8, 4) is 5.88 Å². The monoisotopic (exact) mass is 265 g/mol. The highest BCUT2D eigenvalue weighted by Crippen LogP contribution is 2.21. The van der Waals surface area contributed by atoms with Crippen LogP contribution in [0.15, 0.2) is 18.2 Å². The molecule has 0 aliphatic carbocycles. The van der Waals surface area contributed by atoms with Crippen LogP contribution in [-0.2, 0) is 4.74 Å². The first kappa shape index (κ1) is 14.1. The third kappa shape index (κ3) is 4.08. The van der Waals surface area contributed by atoms with Crippen molar-refractivity contribution in [1.29, 1.82) is 0 Å². The van der Waals surface area contributed by atoms with Gasteiger partial charge in [0.25, 0.3) is 0 Å². The molecule has 0 aromatic carbocycles. The van der Waals surface area contributed by atoms with Crippen LogP contribution in [0.4, 0.5) is 5.82 Å². The highest BCUT2D eigenvalue weighted by Gasteiger charge is 2.20. The average molecular weight is 265 g/mol. The van der Waals surface area contributed by atoms with Gasteiger partial charge in [0.15, 0.2) is 0 Å². The molecule has 0 atom stereocenters. The molecule has 19 heavy (non-hydrogen) atoms. The zero-order chi connectivity index (χ0) is 13.5. The van der Waals surface area contributed by atoms with Gasteiger partial charge in [-0.05, 0) is 31.9 Å². The maximum Gasteiger partial charge on any atom is 0.214 e. The predicted molar refractivity (Wildman–Crippen MR) is 75.6 cm³/mol. The Kier molecular flexibility index (Phi) is 5.42. The summed E-state index contributed by atoms with van der Waals surface area (Å²) in [4.78, 5) is 6.74. The van der Waals surface area contributed by atoms with E-state index < -0.39 is 0 Å². The number of rotatable bonds is 6. The number of anilines is 1. The Morgan fingerprint density at radius 3 is 2.84 bits per heavy atom. The van der Waals surface area contributed by atoms with E-state index in [1.165, 1.54) is 0 Å². The standard InChI is InChI=1S/C14H23N3O2/c1-18-14-5-2-4-13(16-14)17-9-6-12(7-10-17)19-11-3-8-15/h2,4-5,12H,3,6-11,15H2,1H3. The Morgan fingerprint density at radius 2 is 2.16 bits per heavy atom. The molecule has 2 N–H and O–H groups in total. The van der Waals surface area contributed by atoms with E-state index in [0.717, 1.165) is 44.8 Å². The van der Waals surface area contributed by atoms with E-state index in [0.29, 0.717) is 18.5 Å². The molecule has 1 aliphatic heterocycles.